The molecule has 2 rings (SSSR count). The Labute approximate surface area is 123 Å². The number of hydrogen-bond donors (Lipinski definition) is 1. The second kappa shape index (κ2) is 5.85. The van der Waals surface area contributed by atoms with E-state index in [1.807, 2.05) is 35.9 Å². The number of aliphatic hydroxyl groups is 1. The molecule has 0 aliphatic carbocycles. The van der Waals surface area contributed by atoms with Gasteiger partial charge in [-0.2, -0.15) is 0 Å². The maximum absolute atomic E-state index is 9.78. The van der Waals surface area contributed by atoms with Crippen LogP contribution < -0.4 is 4.74 Å². The van der Waals surface area contributed by atoms with Crippen LogP contribution in [0.25, 0.3) is 11.4 Å². The second-order valence-corrected chi connectivity index (χ2v) is 6.11. The zero-order valence-electron chi connectivity index (χ0n) is 12.1. The van der Waals surface area contributed by atoms with E-state index in [1.54, 1.807) is 21.0 Å². The highest BCUT2D eigenvalue weighted by atomic mass is 32.2. The number of aromatic nitrogens is 3. The van der Waals surface area contributed by atoms with Crippen molar-refractivity contribution in [1.29, 1.82) is 0 Å². The molecule has 1 aromatic carbocycles. The van der Waals surface area contributed by atoms with Crippen molar-refractivity contribution in [2.75, 3.05) is 12.9 Å². The van der Waals surface area contributed by atoms with Crippen molar-refractivity contribution in [2.24, 2.45) is 7.05 Å². The summed E-state index contributed by atoms with van der Waals surface area (Å²) < 4.78 is 7.26. The zero-order chi connectivity index (χ0) is 14.8. The first-order chi connectivity index (χ1) is 9.42. The molecule has 0 bridgehead atoms. The standard InChI is InChI=1S/C14H19N3O2S/c1-14(2,18)9-20-13-16-15-12(17(13)3)10-7-5-6-8-11(10)19-4/h5-8,18H,9H2,1-4H3. The smallest absolute Gasteiger partial charge is 0.191 e. The highest BCUT2D eigenvalue weighted by molar-refractivity contribution is 7.99. The first-order valence-corrected chi connectivity index (χ1v) is 7.29. The normalized spacial score (nSPS) is 11.7. The topological polar surface area (TPSA) is 60.2 Å². The Bertz CT molecular complexity index is 590. The van der Waals surface area contributed by atoms with Gasteiger partial charge in [0, 0.05) is 12.8 Å². The molecule has 0 aliphatic rings. The molecule has 1 heterocycles. The molecule has 1 aromatic heterocycles. The van der Waals surface area contributed by atoms with Crippen LogP contribution in [0.4, 0.5) is 0 Å². The van der Waals surface area contributed by atoms with E-state index in [0.717, 1.165) is 22.3 Å². The Morgan fingerprint density at radius 1 is 1.30 bits per heavy atom. The van der Waals surface area contributed by atoms with Gasteiger partial charge in [0.1, 0.15) is 5.75 Å². The van der Waals surface area contributed by atoms with Crippen molar-refractivity contribution >= 4 is 11.8 Å². The average molecular weight is 293 g/mol. The molecule has 6 heteroatoms. The molecule has 0 unspecified atom stereocenters. The highest BCUT2D eigenvalue weighted by Crippen LogP contribution is 2.30. The molecular formula is C14H19N3O2S. The van der Waals surface area contributed by atoms with E-state index >= 15 is 0 Å². The first-order valence-electron chi connectivity index (χ1n) is 6.30. The molecule has 0 atom stereocenters. The lowest BCUT2D eigenvalue weighted by Crippen LogP contribution is -2.22. The summed E-state index contributed by atoms with van der Waals surface area (Å²) in [4.78, 5) is 0. The van der Waals surface area contributed by atoms with Gasteiger partial charge in [-0.05, 0) is 26.0 Å². The molecule has 0 fully saturated rings. The summed E-state index contributed by atoms with van der Waals surface area (Å²) in [6.45, 7) is 3.55. The van der Waals surface area contributed by atoms with Gasteiger partial charge < -0.3 is 14.4 Å². The predicted molar refractivity (Wildman–Crippen MR) is 80.0 cm³/mol. The third kappa shape index (κ3) is 3.32. The highest BCUT2D eigenvalue weighted by Gasteiger charge is 2.18. The summed E-state index contributed by atoms with van der Waals surface area (Å²) in [6, 6.07) is 7.71. The van der Waals surface area contributed by atoms with Gasteiger partial charge >= 0.3 is 0 Å². The molecular weight excluding hydrogens is 274 g/mol. The van der Waals surface area contributed by atoms with E-state index < -0.39 is 5.60 Å². The Morgan fingerprint density at radius 3 is 2.65 bits per heavy atom. The lowest BCUT2D eigenvalue weighted by molar-refractivity contribution is 0.107. The minimum absolute atomic E-state index is 0.560. The van der Waals surface area contributed by atoms with E-state index in [1.165, 1.54) is 11.8 Å². The molecule has 108 valence electrons. The molecule has 5 nitrogen and oxygen atoms in total. The van der Waals surface area contributed by atoms with Gasteiger partial charge in [-0.1, -0.05) is 23.9 Å². The minimum atomic E-state index is -0.735. The fourth-order valence-electron chi connectivity index (χ4n) is 1.75. The maximum Gasteiger partial charge on any atom is 0.191 e. The second-order valence-electron chi connectivity index (χ2n) is 5.17. The fraction of sp³-hybridized carbons (Fsp3) is 0.429. The van der Waals surface area contributed by atoms with Crippen molar-refractivity contribution in [2.45, 2.75) is 24.6 Å². The Kier molecular flexibility index (Phi) is 4.35. The van der Waals surface area contributed by atoms with E-state index in [2.05, 4.69) is 10.2 Å². The molecule has 0 saturated heterocycles. The van der Waals surface area contributed by atoms with Crippen molar-refractivity contribution in [3.05, 3.63) is 24.3 Å². The summed E-state index contributed by atoms with van der Waals surface area (Å²) in [5.74, 6) is 2.08. The third-order valence-corrected chi connectivity index (χ3v) is 4.20. The van der Waals surface area contributed by atoms with Crippen LogP contribution in [0.15, 0.2) is 29.4 Å². The van der Waals surface area contributed by atoms with E-state index in [4.69, 9.17) is 4.74 Å². The number of hydrogen-bond acceptors (Lipinski definition) is 5. The van der Waals surface area contributed by atoms with Gasteiger partial charge in [-0.25, -0.2) is 0 Å². The van der Waals surface area contributed by atoms with Crippen LogP contribution in [0.3, 0.4) is 0 Å². The zero-order valence-corrected chi connectivity index (χ0v) is 12.9. The summed E-state index contributed by atoms with van der Waals surface area (Å²) >= 11 is 1.48. The molecule has 2 aromatic rings. The number of thioether (sulfide) groups is 1. The summed E-state index contributed by atoms with van der Waals surface area (Å²) in [5, 5.41) is 19.0. The lowest BCUT2D eigenvalue weighted by Gasteiger charge is -2.15. The summed E-state index contributed by atoms with van der Waals surface area (Å²) in [7, 11) is 3.55. The van der Waals surface area contributed by atoms with Crippen molar-refractivity contribution in [1.82, 2.24) is 14.8 Å². The molecule has 1 N–H and O–H groups in total. The summed E-state index contributed by atoms with van der Waals surface area (Å²) in [6.07, 6.45) is 0. The maximum atomic E-state index is 9.78. The Hall–Kier alpha value is -1.53. The SMILES string of the molecule is COc1ccccc1-c1nnc(SCC(C)(C)O)n1C. The van der Waals surface area contributed by atoms with Crippen LogP contribution in [-0.4, -0.2) is 38.3 Å². The third-order valence-electron chi connectivity index (χ3n) is 2.74. The van der Waals surface area contributed by atoms with Crippen molar-refractivity contribution in [3.8, 4) is 17.1 Å². The van der Waals surface area contributed by atoms with Gasteiger partial charge in [0.25, 0.3) is 0 Å². The molecule has 0 aliphatic heterocycles. The van der Waals surface area contributed by atoms with E-state index in [0.29, 0.717) is 5.75 Å². The van der Waals surface area contributed by atoms with Gasteiger partial charge in [-0.3, -0.25) is 0 Å². The molecule has 0 spiro atoms. The quantitative estimate of drug-likeness (QED) is 0.858. The minimum Gasteiger partial charge on any atom is -0.496 e. The Balaban J connectivity index is 2.29. The number of benzene rings is 1. The largest absolute Gasteiger partial charge is 0.496 e. The molecule has 0 amide bonds. The number of nitrogens with zero attached hydrogens (tertiary/aromatic N) is 3. The van der Waals surface area contributed by atoms with E-state index in [9.17, 15) is 5.11 Å². The van der Waals surface area contributed by atoms with Crippen molar-refractivity contribution < 1.29 is 9.84 Å². The average Bonchev–Trinajstić information content (AvgIpc) is 2.77. The fourth-order valence-corrected chi connectivity index (χ4v) is 2.61. The van der Waals surface area contributed by atoms with Crippen LogP contribution in [0.1, 0.15) is 13.8 Å². The van der Waals surface area contributed by atoms with Crippen LogP contribution in [-0.2, 0) is 7.05 Å². The van der Waals surface area contributed by atoms with Gasteiger partial charge in [-0.15, -0.1) is 10.2 Å². The van der Waals surface area contributed by atoms with Gasteiger partial charge in [0.2, 0.25) is 0 Å². The van der Waals surface area contributed by atoms with Crippen molar-refractivity contribution in [3.63, 3.8) is 0 Å². The van der Waals surface area contributed by atoms with Gasteiger partial charge in [0.05, 0.1) is 18.3 Å². The molecule has 20 heavy (non-hydrogen) atoms. The van der Waals surface area contributed by atoms with E-state index in [-0.39, 0.29) is 0 Å². The number of methoxy groups -OCH3 is 1. The van der Waals surface area contributed by atoms with Crippen LogP contribution in [0.2, 0.25) is 0 Å². The Morgan fingerprint density at radius 2 is 2.00 bits per heavy atom. The number of para-hydroxylation sites is 1. The predicted octanol–water partition coefficient (Wildman–Crippen LogP) is 2.35. The monoisotopic (exact) mass is 293 g/mol. The summed E-state index contributed by atoms with van der Waals surface area (Å²) in [5.41, 5.74) is 0.168. The molecule has 0 saturated carbocycles. The number of ether oxygens (including phenoxy) is 1. The molecule has 0 radical (unpaired) electrons. The lowest BCUT2D eigenvalue weighted by atomic mass is 10.2. The van der Waals surface area contributed by atoms with Gasteiger partial charge in [0.15, 0.2) is 11.0 Å². The first kappa shape index (κ1) is 14.9. The number of rotatable bonds is 5. The van der Waals surface area contributed by atoms with Crippen LogP contribution >= 0.6 is 11.8 Å². The van der Waals surface area contributed by atoms with Crippen LogP contribution in [0.5, 0.6) is 5.75 Å². The van der Waals surface area contributed by atoms with Crippen LogP contribution in [0, 0.1) is 0 Å².